The molecule has 2 unspecified atom stereocenters. The van der Waals surface area contributed by atoms with Gasteiger partial charge in [0.1, 0.15) is 0 Å². The topological polar surface area (TPSA) is 68.8 Å². The molecular weight excluding hydrogens is 332 g/mol. The molecule has 1 heterocycles. The molecule has 0 amide bonds. The lowest BCUT2D eigenvalue weighted by Crippen LogP contribution is -2.34. The molecular formula is C20H24N2O4. The fraction of sp³-hybridized carbons (Fsp3) is 0.350. The number of methoxy groups -OCH3 is 3. The van der Waals surface area contributed by atoms with E-state index in [0.29, 0.717) is 29.4 Å². The second-order valence-electron chi connectivity index (χ2n) is 6.25. The van der Waals surface area contributed by atoms with Crippen LogP contribution in [0.3, 0.4) is 0 Å². The van der Waals surface area contributed by atoms with Crippen LogP contribution in [0, 0.1) is 6.92 Å². The lowest BCUT2D eigenvalue weighted by atomic mass is 10.0. The van der Waals surface area contributed by atoms with Crippen LogP contribution in [0.1, 0.15) is 27.7 Å². The van der Waals surface area contributed by atoms with Gasteiger partial charge in [-0.2, -0.15) is 0 Å². The molecule has 2 aromatic carbocycles. The molecule has 0 radical (unpaired) electrons. The van der Waals surface area contributed by atoms with Gasteiger partial charge in [-0.3, -0.25) is 15.4 Å². The standard InChI is InChI=1S/C20H24N2O4/c1-12-5-7-13(8-6-12)20-21-11-15(22-20)18(23)14-9-16(24-2)19(26-4)17(10-14)25-3/h5-10,15,20-22H,11H2,1-4H3. The first-order valence-corrected chi connectivity index (χ1v) is 8.47. The van der Waals surface area contributed by atoms with Gasteiger partial charge in [0.25, 0.3) is 0 Å². The van der Waals surface area contributed by atoms with Crippen LogP contribution in [-0.2, 0) is 0 Å². The molecule has 6 nitrogen and oxygen atoms in total. The van der Waals surface area contributed by atoms with E-state index in [-0.39, 0.29) is 18.0 Å². The third kappa shape index (κ3) is 3.52. The highest BCUT2D eigenvalue weighted by Crippen LogP contribution is 2.38. The van der Waals surface area contributed by atoms with Crippen LogP contribution in [-0.4, -0.2) is 39.7 Å². The maximum atomic E-state index is 13.0. The van der Waals surface area contributed by atoms with Crippen molar-refractivity contribution in [3.05, 3.63) is 53.1 Å². The van der Waals surface area contributed by atoms with Crippen molar-refractivity contribution < 1.29 is 19.0 Å². The SMILES string of the molecule is COc1cc(C(=O)C2CNC(c3ccc(C)cc3)N2)cc(OC)c1OC. The molecule has 0 aromatic heterocycles. The molecule has 1 saturated heterocycles. The molecule has 0 bridgehead atoms. The molecule has 6 heteroatoms. The summed E-state index contributed by atoms with van der Waals surface area (Å²) in [5.74, 6) is 1.39. The molecule has 138 valence electrons. The third-order valence-electron chi connectivity index (χ3n) is 4.57. The van der Waals surface area contributed by atoms with Gasteiger partial charge in [0.2, 0.25) is 5.75 Å². The number of rotatable bonds is 6. The van der Waals surface area contributed by atoms with Crippen molar-refractivity contribution in [2.45, 2.75) is 19.1 Å². The maximum Gasteiger partial charge on any atom is 0.203 e. The Morgan fingerprint density at radius 3 is 2.15 bits per heavy atom. The average Bonchev–Trinajstić information content (AvgIpc) is 3.16. The number of hydrogen-bond acceptors (Lipinski definition) is 6. The Morgan fingerprint density at radius 1 is 1.00 bits per heavy atom. The third-order valence-corrected chi connectivity index (χ3v) is 4.57. The lowest BCUT2D eigenvalue weighted by Gasteiger charge is -2.16. The minimum Gasteiger partial charge on any atom is -0.493 e. The van der Waals surface area contributed by atoms with Crippen molar-refractivity contribution in [3.8, 4) is 17.2 Å². The van der Waals surface area contributed by atoms with Crippen LogP contribution in [0.2, 0.25) is 0 Å². The van der Waals surface area contributed by atoms with Gasteiger partial charge in [-0.15, -0.1) is 0 Å². The fourth-order valence-corrected chi connectivity index (χ4v) is 3.12. The zero-order valence-electron chi connectivity index (χ0n) is 15.5. The summed E-state index contributed by atoms with van der Waals surface area (Å²) >= 11 is 0. The predicted molar refractivity (Wildman–Crippen MR) is 99.3 cm³/mol. The Bertz CT molecular complexity index is 764. The molecule has 2 atom stereocenters. The minimum absolute atomic E-state index is 0.0219. The molecule has 26 heavy (non-hydrogen) atoms. The lowest BCUT2D eigenvalue weighted by molar-refractivity contribution is 0.0954. The average molecular weight is 356 g/mol. The summed E-state index contributed by atoms with van der Waals surface area (Å²) in [5, 5.41) is 6.71. The molecule has 2 N–H and O–H groups in total. The molecule has 0 aliphatic carbocycles. The van der Waals surface area contributed by atoms with Crippen molar-refractivity contribution in [1.82, 2.24) is 10.6 Å². The van der Waals surface area contributed by atoms with E-state index in [0.717, 1.165) is 5.56 Å². The summed E-state index contributed by atoms with van der Waals surface area (Å²) in [7, 11) is 4.61. The molecule has 2 aromatic rings. The Balaban J connectivity index is 1.80. The van der Waals surface area contributed by atoms with Crippen molar-refractivity contribution >= 4 is 5.78 Å². The van der Waals surface area contributed by atoms with Gasteiger partial charge in [-0.1, -0.05) is 29.8 Å². The number of carbonyl (C=O) groups excluding carboxylic acids is 1. The number of aryl methyl sites for hydroxylation is 1. The number of hydrogen-bond donors (Lipinski definition) is 2. The minimum atomic E-state index is -0.330. The number of carbonyl (C=O) groups is 1. The van der Waals surface area contributed by atoms with E-state index >= 15 is 0 Å². The van der Waals surface area contributed by atoms with Gasteiger partial charge >= 0.3 is 0 Å². The Labute approximate surface area is 153 Å². The zero-order valence-corrected chi connectivity index (χ0v) is 15.5. The summed E-state index contributed by atoms with van der Waals surface area (Å²) in [6, 6.07) is 11.3. The van der Waals surface area contributed by atoms with Crippen molar-refractivity contribution in [2.24, 2.45) is 0 Å². The molecule has 1 fully saturated rings. The van der Waals surface area contributed by atoms with E-state index in [4.69, 9.17) is 14.2 Å². The Kier molecular flexibility index (Phi) is 5.44. The van der Waals surface area contributed by atoms with E-state index < -0.39 is 0 Å². The van der Waals surface area contributed by atoms with Crippen LogP contribution in [0.15, 0.2) is 36.4 Å². The first-order chi connectivity index (χ1) is 12.6. The highest BCUT2D eigenvalue weighted by molar-refractivity contribution is 6.01. The number of benzene rings is 2. The summed E-state index contributed by atoms with van der Waals surface area (Å²) < 4.78 is 16.0. The summed E-state index contributed by atoms with van der Waals surface area (Å²) in [4.78, 5) is 13.0. The monoisotopic (exact) mass is 356 g/mol. The maximum absolute atomic E-state index is 13.0. The van der Waals surface area contributed by atoms with Crippen LogP contribution >= 0.6 is 0 Å². The number of Topliss-reactive ketones (excluding diaryl/α,β-unsaturated/α-hetero) is 1. The summed E-state index contributed by atoms with van der Waals surface area (Å²) in [6.45, 7) is 2.60. The van der Waals surface area contributed by atoms with Gasteiger partial charge in [-0.25, -0.2) is 0 Å². The first-order valence-electron chi connectivity index (χ1n) is 8.47. The predicted octanol–water partition coefficient (Wildman–Crippen LogP) is 2.46. The first kappa shape index (κ1) is 18.2. The number of ketones is 1. The van der Waals surface area contributed by atoms with E-state index in [9.17, 15) is 4.79 Å². The Hall–Kier alpha value is -2.57. The molecule has 1 aliphatic rings. The second-order valence-corrected chi connectivity index (χ2v) is 6.25. The quantitative estimate of drug-likeness (QED) is 0.775. The smallest absolute Gasteiger partial charge is 0.203 e. The van der Waals surface area contributed by atoms with Crippen LogP contribution in [0.4, 0.5) is 0 Å². The number of nitrogens with one attached hydrogen (secondary N) is 2. The molecule has 0 saturated carbocycles. The van der Waals surface area contributed by atoms with Gasteiger partial charge in [0.05, 0.1) is 33.5 Å². The molecule has 3 rings (SSSR count). The van der Waals surface area contributed by atoms with E-state index in [1.807, 2.05) is 0 Å². The van der Waals surface area contributed by atoms with E-state index in [1.165, 1.54) is 26.9 Å². The van der Waals surface area contributed by atoms with Gasteiger partial charge in [0.15, 0.2) is 17.3 Å². The number of ether oxygens (including phenoxy) is 3. The summed E-state index contributed by atoms with van der Waals surface area (Å²) in [5.41, 5.74) is 2.83. The van der Waals surface area contributed by atoms with Crippen LogP contribution in [0.25, 0.3) is 0 Å². The fourth-order valence-electron chi connectivity index (χ4n) is 3.12. The molecule has 0 spiro atoms. The van der Waals surface area contributed by atoms with Crippen molar-refractivity contribution in [2.75, 3.05) is 27.9 Å². The van der Waals surface area contributed by atoms with E-state index in [1.54, 1.807) is 12.1 Å². The van der Waals surface area contributed by atoms with Crippen LogP contribution < -0.4 is 24.8 Å². The Morgan fingerprint density at radius 2 is 1.62 bits per heavy atom. The highest BCUT2D eigenvalue weighted by atomic mass is 16.5. The van der Waals surface area contributed by atoms with Crippen LogP contribution in [0.5, 0.6) is 17.2 Å². The second kappa shape index (κ2) is 7.76. The van der Waals surface area contributed by atoms with Gasteiger partial charge < -0.3 is 14.2 Å². The highest BCUT2D eigenvalue weighted by Gasteiger charge is 2.31. The molecule has 1 aliphatic heterocycles. The normalized spacial score (nSPS) is 19.2. The van der Waals surface area contributed by atoms with Crippen molar-refractivity contribution in [1.29, 1.82) is 0 Å². The summed E-state index contributed by atoms with van der Waals surface area (Å²) in [6.07, 6.45) is -0.0495. The van der Waals surface area contributed by atoms with Gasteiger partial charge in [-0.05, 0) is 24.6 Å². The largest absolute Gasteiger partial charge is 0.493 e. The van der Waals surface area contributed by atoms with Crippen molar-refractivity contribution in [3.63, 3.8) is 0 Å². The zero-order chi connectivity index (χ0) is 18.7. The van der Waals surface area contributed by atoms with Gasteiger partial charge in [0, 0.05) is 12.1 Å². The van der Waals surface area contributed by atoms with E-state index in [2.05, 4.69) is 41.8 Å².